The molecule has 0 radical (unpaired) electrons. The molecule has 0 fully saturated rings. The first kappa shape index (κ1) is 11.0. The Balaban J connectivity index is 3.01. The van der Waals surface area contributed by atoms with Crippen molar-refractivity contribution in [3.63, 3.8) is 0 Å². The molecule has 0 N–H and O–H groups in total. The van der Waals surface area contributed by atoms with Crippen LogP contribution in [0.2, 0.25) is 0 Å². The van der Waals surface area contributed by atoms with Crippen molar-refractivity contribution < 1.29 is 4.39 Å². The summed E-state index contributed by atoms with van der Waals surface area (Å²) in [5.74, 6) is -0.176. The molecule has 0 aliphatic carbocycles. The molecule has 0 saturated heterocycles. The third-order valence-electron chi connectivity index (χ3n) is 2.25. The zero-order valence-corrected chi connectivity index (χ0v) is 9.34. The van der Waals surface area contributed by atoms with Gasteiger partial charge in [0.05, 0.1) is 0 Å². The van der Waals surface area contributed by atoms with Crippen molar-refractivity contribution in [2.75, 3.05) is 11.4 Å². The number of rotatable bonds is 2. The number of hydrogen-bond donors (Lipinski definition) is 0. The topological polar surface area (TPSA) is 3.24 Å². The molecule has 1 nitrogen and oxygen atoms in total. The van der Waals surface area contributed by atoms with E-state index in [0.717, 1.165) is 12.2 Å². The van der Waals surface area contributed by atoms with Crippen LogP contribution in [-0.2, 0) is 0 Å². The number of halogens is 1. The van der Waals surface area contributed by atoms with Gasteiger partial charge < -0.3 is 4.90 Å². The van der Waals surface area contributed by atoms with Crippen LogP contribution < -0.4 is 4.90 Å². The summed E-state index contributed by atoms with van der Waals surface area (Å²) in [5.41, 5.74) is 0.975. The van der Waals surface area contributed by atoms with Crippen LogP contribution in [0.1, 0.15) is 27.7 Å². The van der Waals surface area contributed by atoms with Gasteiger partial charge in [-0.05, 0) is 45.9 Å². The van der Waals surface area contributed by atoms with Gasteiger partial charge in [-0.1, -0.05) is 6.07 Å². The lowest BCUT2D eigenvalue weighted by molar-refractivity contribution is 0.511. The second kappa shape index (κ2) is 3.99. The molecule has 0 bridgehead atoms. The third-order valence-corrected chi connectivity index (χ3v) is 2.25. The van der Waals surface area contributed by atoms with Gasteiger partial charge in [-0.3, -0.25) is 0 Å². The zero-order chi connectivity index (χ0) is 10.8. The van der Waals surface area contributed by atoms with Gasteiger partial charge in [-0.25, -0.2) is 4.39 Å². The molecule has 0 atom stereocenters. The molecule has 0 heterocycles. The monoisotopic (exact) mass is 195 g/mol. The van der Waals surface area contributed by atoms with Crippen LogP contribution >= 0.6 is 0 Å². The smallest absolute Gasteiger partial charge is 0.125 e. The second-order valence-corrected chi connectivity index (χ2v) is 4.39. The molecule has 1 aromatic carbocycles. The molecule has 0 spiro atoms. The first-order valence-electron chi connectivity index (χ1n) is 4.98. The van der Waals surface area contributed by atoms with Crippen LogP contribution in [0.25, 0.3) is 0 Å². The highest BCUT2D eigenvalue weighted by Gasteiger charge is 2.19. The van der Waals surface area contributed by atoms with Gasteiger partial charge in [-0.2, -0.15) is 0 Å². The molecular formula is C12H18FN. The van der Waals surface area contributed by atoms with Crippen molar-refractivity contribution in [1.29, 1.82) is 0 Å². The van der Waals surface area contributed by atoms with Gasteiger partial charge in [0.15, 0.2) is 0 Å². The van der Waals surface area contributed by atoms with Crippen molar-refractivity contribution in [2.24, 2.45) is 0 Å². The van der Waals surface area contributed by atoms with Crippen molar-refractivity contribution >= 4 is 5.69 Å². The molecule has 0 aliphatic rings. The van der Waals surface area contributed by atoms with E-state index in [1.165, 1.54) is 6.07 Å². The first-order chi connectivity index (χ1) is 6.45. The van der Waals surface area contributed by atoms with Crippen molar-refractivity contribution in [3.05, 3.63) is 30.1 Å². The van der Waals surface area contributed by atoms with Crippen LogP contribution in [0.15, 0.2) is 24.3 Å². The van der Waals surface area contributed by atoms with Gasteiger partial charge in [0.1, 0.15) is 5.82 Å². The Morgan fingerprint density at radius 1 is 1.29 bits per heavy atom. The van der Waals surface area contributed by atoms with Crippen LogP contribution in [0.5, 0.6) is 0 Å². The van der Waals surface area contributed by atoms with E-state index in [1.54, 1.807) is 12.1 Å². The van der Waals surface area contributed by atoms with Crippen molar-refractivity contribution in [2.45, 2.75) is 33.2 Å². The van der Waals surface area contributed by atoms with Gasteiger partial charge in [-0.15, -0.1) is 0 Å². The largest absolute Gasteiger partial charge is 0.367 e. The third kappa shape index (κ3) is 2.47. The summed E-state index contributed by atoms with van der Waals surface area (Å²) < 4.78 is 13.0. The molecular weight excluding hydrogens is 177 g/mol. The van der Waals surface area contributed by atoms with Gasteiger partial charge >= 0.3 is 0 Å². The molecule has 78 valence electrons. The van der Waals surface area contributed by atoms with Gasteiger partial charge in [0.25, 0.3) is 0 Å². The molecule has 1 rings (SSSR count). The lowest BCUT2D eigenvalue weighted by Crippen LogP contribution is -2.41. The van der Waals surface area contributed by atoms with E-state index in [-0.39, 0.29) is 11.4 Å². The maximum absolute atomic E-state index is 13.0. The van der Waals surface area contributed by atoms with E-state index in [4.69, 9.17) is 0 Å². The molecule has 0 saturated carbocycles. The average Bonchev–Trinajstić information content (AvgIpc) is 2.02. The number of hydrogen-bond acceptors (Lipinski definition) is 1. The lowest BCUT2D eigenvalue weighted by atomic mass is 10.0. The minimum atomic E-state index is -0.176. The highest BCUT2D eigenvalue weighted by Crippen LogP contribution is 2.23. The number of benzene rings is 1. The Hall–Kier alpha value is -1.05. The van der Waals surface area contributed by atoms with E-state index >= 15 is 0 Å². The standard InChI is InChI=1S/C12H18FN/c1-5-14(12(2,3)4)11-8-6-7-10(13)9-11/h6-9H,5H2,1-4H3. The highest BCUT2D eigenvalue weighted by atomic mass is 19.1. The minimum absolute atomic E-state index is 0.0303. The SMILES string of the molecule is CCN(c1cccc(F)c1)C(C)(C)C. The Morgan fingerprint density at radius 2 is 1.93 bits per heavy atom. The van der Waals surface area contributed by atoms with Crippen molar-refractivity contribution in [3.8, 4) is 0 Å². The van der Waals surface area contributed by atoms with Crippen LogP contribution in [0.3, 0.4) is 0 Å². The normalized spacial score (nSPS) is 11.5. The Morgan fingerprint density at radius 3 is 2.36 bits per heavy atom. The predicted octanol–water partition coefficient (Wildman–Crippen LogP) is 3.45. The molecule has 1 aromatic rings. The summed E-state index contributed by atoms with van der Waals surface area (Å²) in [7, 11) is 0. The van der Waals surface area contributed by atoms with E-state index < -0.39 is 0 Å². The lowest BCUT2D eigenvalue weighted by Gasteiger charge is -2.36. The predicted molar refractivity (Wildman–Crippen MR) is 59.2 cm³/mol. The maximum atomic E-state index is 13.0. The summed E-state index contributed by atoms with van der Waals surface area (Å²) in [6.07, 6.45) is 0. The molecule has 0 aliphatic heterocycles. The Labute approximate surface area is 85.5 Å². The fourth-order valence-corrected chi connectivity index (χ4v) is 1.69. The summed E-state index contributed by atoms with van der Waals surface area (Å²) in [4.78, 5) is 2.18. The number of anilines is 1. The molecule has 2 heteroatoms. The van der Waals surface area contributed by atoms with E-state index in [2.05, 4.69) is 32.6 Å². The summed E-state index contributed by atoms with van der Waals surface area (Å²) in [5, 5.41) is 0. The molecule has 0 unspecified atom stereocenters. The van der Waals surface area contributed by atoms with Crippen LogP contribution in [0.4, 0.5) is 10.1 Å². The Kier molecular flexibility index (Phi) is 3.14. The minimum Gasteiger partial charge on any atom is -0.367 e. The van der Waals surface area contributed by atoms with E-state index in [0.29, 0.717) is 0 Å². The summed E-state index contributed by atoms with van der Waals surface area (Å²) >= 11 is 0. The van der Waals surface area contributed by atoms with Gasteiger partial charge in [0, 0.05) is 17.8 Å². The molecule has 0 aromatic heterocycles. The van der Waals surface area contributed by atoms with Gasteiger partial charge in [0.2, 0.25) is 0 Å². The van der Waals surface area contributed by atoms with E-state index in [1.807, 2.05) is 6.07 Å². The zero-order valence-electron chi connectivity index (χ0n) is 9.34. The molecule has 14 heavy (non-hydrogen) atoms. The second-order valence-electron chi connectivity index (χ2n) is 4.39. The van der Waals surface area contributed by atoms with Crippen LogP contribution in [0, 0.1) is 5.82 Å². The van der Waals surface area contributed by atoms with Crippen molar-refractivity contribution in [1.82, 2.24) is 0 Å². The quantitative estimate of drug-likeness (QED) is 0.698. The van der Waals surface area contributed by atoms with E-state index in [9.17, 15) is 4.39 Å². The van der Waals surface area contributed by atoms with Crippen LogP contribution in [-0.4, -0.2) is 12.1 Å². The highest BCUT2D eigenvalue weighted by molar-refractivity contribution is 5.48. The number of nitrogens with zero attached hydrogens (tertiary/aromatic N) is 1. The summed E-state index contributed by atoms with van der Waals surface area (Å²) in [6, 6.07) is 6.74. The summed E-state index contributed by atoms with van der Waals surface area (Å²) in [6.45, 7) is 9.34. The fraction of sp³-hybridized carbons (Fsp3) is 0.500. The molecule has 0 amide bonds. The average molecular weight is 195 g/mol. The Bertz CT molecular complexity index is 301. The maximum Gasteiger partial charge on any atom is 0.125 e. The first-order valence-corrected chi connectivity index (χ1v) is 4.98. The fourth-order valence-electron chi connectivity index (χ4n) is 1.69.